The van der Waals surface area contributed by atoms with Crippen molar-refractivity contribution in [1.82, 2.24) is 9.97 Å². The second kappa shape index (κ2) is 7.56. The molecule has 7 nitrogen and oxygen atoms in total. The topological polar surface area (TPSA) is 85.4 Å². The van der Waals surface area contributed by atoms with E-state index in [2.05, 4.69) is 20.6 Å². The molecule has 0 aliphatic carbocycles. The first-order chi connectivity index (χ1) is 12.7. The zero-order chi connectivity index (χ0) is 17.9. The molecule has 1 fully saturated rings. The summed E-state index contributed by atoms with van der Waals surface area (Å²) >= 11 is 2.81. The lowest BCUT2D eigenvalue weighted by Gasteiger charge is -2.08. The molecule has 9 heteroatoms. The van der Waals surface area contributed by atoms with Crippen LogP contribution in [0.5, 0.6) is 5.75 Å². The summed E-state index contributed by atoms with van der Waals surface area (Å²) in [6.07, 6.45) is 2.40. The molecule has 0 unspecified atom stereocenters. The molecule has 4 rings (SSSR count). The Balaban J connectivity index is 1.39. The number of nitrogens with one attached hydrogen (secondary N) is 2. The number of anilines is 2. The van der Waals surface area contributed by atoms with Crippen LogP contribution in [0.2, 0.25) is 0 Å². The van der Waals surface area contributed by atoms with Crippen LogP contribution in [-0.2, 0) is 4.74 Å². The van der Waals surface area contributed by atoms with E-state index < -0.39 is 0 Å². The minimum atomic E-state index is -0.266. The summed E-state index contributed by atoms with van der Waals surface area (Å²) in [5, 5.41) is 9.05. The quantitative estimate of drug-likeness (QED) is 0.669. The first-order valence-electron chi connectivity index (χ1n) is 8.28. The Bertz CT molecular complexity index is 918. The number of benzene rings is 1. The molecule has 1 atom stereocenters. The Hall–Kier alpha value is -2.23. The average molecular weight is 390 g/mol. The smallest absolute Gasteiger partial charge is 0.276 e. The van der Waals surface area contributed by atoms with Crippen molar-refractivity contribution in [2.24, 2.45) is 0 Å². The van der Waals surface area contributed by atoms with Crippen LogP contribution in [0.1, 0.15) is 23.3 Å². The van der Waals surface area contributed by atoms with Crippen molar-refractivity contribution in [2.75, 3.05) is 30.9 Å². The number of hydrogen-bond acceptors (Lipinski definition) is 8. The molecule has 136 valence electrons. The van der Waals surface area contributed by atoms with Gasteiger partial charge in [0.2, 0.25) is 0 Å². The predicted octanol–water partition coefficient (Wildman–Crippen LogP) is 3.60. The van der Waals surface area contributed by atoms with E-state index >= 15 is 0 Å². The number of ether oxygens (including phenoxy) is 2. The van der Waals surface area contributed by atoms with Crippen molar-refractivity contribution >= 4 is 49.1 Å². The molecule has 2 N–H and O–H groups in total. The van der Waals surface area contributed by atoms with Gasteiger partial charge in [-0.2, -0.15) is 0 Å². The summed E-state index contributed by atoms with van der Waals surface area (Å²) in [4.78, 5) is 21.2. The van der Waals surface area contributed by atoms with Crippen LogP contribution in [0.15, 0.2) is 23.6 Å². The van der Waals surface area contributed by atoms with Crippen LogP contribution in [0.4, 0.5) is 10.3 Å². The van der Waals surface area contributed by atoms with Crippen LogP contribution in [0, 0.1) is 0 Å². The first-order valence-corrected chi connectivity index (χ1v) is 9.98. The number of aromatic nitrogens is 2. The van der Waals surface area contributed by atoms with Crippen molar-refractivity contribution in [2.45, 2.75) is 18.9 Å². The molecule has 1 aliphatic heterocycles. The number of amides is 1. The number of rotatable bonds is 6. The zero-order valence-electron chi connectivity index (χ0n) is 14.2. The van der Waals surface area contributed by atoms with Crippen molar-refractivity contribution in [3.8, 4) is 5.75 Å². The van der Waals surface area contributed by atoms with Gasteiger partial charge < -0.3 is 14.8 Å². The van der Waals surface area contributed by atoms with E-state index in [4.69, 9.17) is 9.47 Å². The van der Waals surface area contributed by atoms with E-state index in [0.29, 0.717) is 17.4 Å². The Kier molecular flexibility index (Phi) is 5.00. The molecule has 1 amide bonds. The maximum Gasteiger partial charge on any atom is 0.276 e. The van der Waals surface area contributed by atoms with Gasteiger partial charge in [0.05, 0.1) is 23.4 Å². The van der Waals surface area contributed by atoms with Gasteiger partial charge in [-0.15, -0.1) is 11.3 Å². The number of thiazole rings is 2. The van der Waals surface area contributed by atoms with Crippen molar-refractivity contribution in [3.05, 3.63) is 29.3 Å². The number of fused-ring (bicyclic) bond motifs is 1. The van der Waals surface area contributed by atoms with Crippen LogP contribution >= 0.6 is 22.7 Å². The summed E-state index contributed by atoms with van der Waals surface area (Å²) in [6, 6.07) is 5.62. The molecule has 0 saturated carbocycles. The Morgan fingerprint density at radius 2 is 2.31 bits per heavy atom. The van der Waals surface area contributed by atoms with Gasteiger partial charge in [-0.1, -0.05) is 11.3 Å². The van der Waals surface area contributed by atoms with Crippen LogP contribution in [-0.4, -0.2) is 42.2 Å². The van der Waals surface area contributed by atoms with Gasteiger partial charge in [-0.3, -0.25) is 10.1 Å². The second-order valence-corrected chi connectivity index (χ2v) is 7.75. The second-order valence-electron chi connectivity index (χ2n) is 5.86. The monoisotopic (exact) mass is 390 g/mol. The molecule has 1 aliphatic rings. The molecule has 1 aromatic carbocycles. The van der Waals surface area contributed by atoms with E-state index in [-0.39, 0.29) is 12.0 Å². The van der Waals surface area contributed by atoms with Gasteiger partial charge in [0.1, 0.15) is 11.4 Å². The summed E-state index contributed by atoms with van der Waals surface area (Å²) in [6.45, 7) is 1.54. The number of carbonyl (C=O) groups excluding carboxylic acids is 1. The van der Waals surface area contributed by atoms with Gasteiger partial charge in [-0.25, -0.2) is 9.97 Å². The zero-order valence-corrected chi connectivity index (χ0v) is 15.8. The molecule has 0 radical (unpaired) electrons. The summed E-state index contributed by atoms with van der Waals surface area (Å²) in [7, 11) is 1.62. The fraction of sp³-hybridized carbons (Fsp3) is 0.353. The number of nitrogens with zero attached hydrogens (tertiary/aromatic N) is 2. The third-order valence-corrected chi connectivity index (χ3v) is 5.79. The average Bonchev–Trinajstić information content (AvgIpc) is 3.38. The summed E-state index contributed by atoms with van der Waals surface area (Å²) in [5.74, 6) is 0.498. The molecule has 3 aromatic rings. The SMILES string of the molecule is COc1ccc2nc(NC(=O)c3csc(NC[C@H]4CCCO4)n3)sc2c1. The predicted molar refractivity (Wildman–Crippen MR) is 104 cm³/mol. The number of methoxy groups -OCH3 is 1. The van der Waals surface area contributed by atoms with E-state index in [1.807, 2.05) is 18.2 Å². The molecular formula is C17H18N4O3S2. The highest BCUT2D eigenvalue weighted by Crippen LogP contribution is 2.29. The molecule has 2 aromatic heterocycles. The Morgan fingerprint density at radius 1 is 1.38 bits per heavy atom. The molecule has 1 saturated heterocycles. The fourth-order valence-electron chi connectivity index (χ4n) is 2.71. The molecule has 0 spiro atoms. The molecule has 3 heterocycles. The lowest BCUT2D eigenvalue weighted by atomic mass is 10.2. The van der Waals surface area contributed by atoms with Gasteiger partial charge in [0, 0.05) is 18.5 Å². The van der Waals surface area contributed by atoms with Crippen LogP contribution in [0.3, 0.4) is 0 Å². The minimum Gasteiger partial charge on any atom is -0.497 e. The van der Waals surface area contributed by atoms with Gasteiger partial charge in [-0.05, 0) is 31.0 Å². The van der Waals surface area contributed by atoms with Crippen molar-refractivity contribution in [1.29, 1.82) is 0 Å². The lowest BCUT2D eigenvalue weighted by Crippen LogP contribution is -2.18. The van der Waals surface area contributed by atoms with E-state index in [1.165, 1.54) is 22.7 Å². The maximum absolute atomic E-state index is 12.4. The van der Waals surface area contributed by atoms with Crippen LogP contribution in [0.25, 0.3) is 10.2 Å². The highest BCUT2D eigenvalue weighted by molar-refractivity contribution is 7.22. The van der Waals surface area contributed by atoms with E-state index in [9.17, 15) is 4.79 Å². The normalized spacial score (nSPS) is 16.7. The number of carbonyl (C=O) groups is 1. The molecular weight excluding hydrogens is 372 g/mol. The largest absolute Gasteiger partial charge is 0.497 e. The van der Waals surface area contributed by atoms with E-state index in [1.54, 1.807) is 12.5 Å². The van der Waals surface area contributed by atoms with Gasteiger partial charge >= 0.3 is 0 Å². The summed E-state index contributed by atoms with van der Waals surface area (Å²) in [5.41, 5.74) is 1.20. The standard InChI is InChI=1S/C17H18N4O3S2/c1-23-10-4-5-12-14(7-10)26-17(19-12)21-15(22)13-9-25-16(20-13)18-8-11-3-2-6-24-11/h4-5,7,9,11H,2-3,6,8H2,1H3,(H,18,20)(H,19,21,22)/t11-/m1/s1. The molecule has 0 bridgehead atoms. The fourth-order valence-corrected chi connectivity index (χ4v) is 4.30. The molecule has 26 heavy (non-hydrogen) atoms. The third-order valence-electron chi connectivity index (χ3n) is 4.06. The van der Waals surface area contributed by atoms with Gasteiger partial charge in [0.15, 0.2) is 10.3 Å². The first kappa shape index (κ1) is 17.2. The summed E-state index contributed by atoms with van der Waals surface area (Å²) < 4.78 is 11.7. The maximum atomic E-state index is 12.4. The number of hydrogen-bond donors (Lipinski definition) is 2. The van der Waals surface area contributed by atoms with Crippen LogP contribution < -0.4 is 15.4 Å². The Morgan fingerprint density at radius 3 is 3.12 bits per heavy atom. The lowest BCUT2D eigenvalue weighted by molar-refractivity contribution is 0.102. The van der Waals surface area contributed by atoms with Crippen molar-refractivity contribution < 1.29 is 14.3 Å². The van der Waals surface area contributed by atoms with Gasteiger partial charge in [0.25, 0.3) is 5.91 Å². The van der Waals surface area contributed by atoms with Crippen molar-refractivity contribution in [3.63, 3.8) is 0 Å². The van der Waals surface area contributed by atoms with E-state index in [0.717, 1.165) is 40.5 Å². The highest BCUT2D eigenvalue weighted by atomic mass is 32.1. The Labute approximate surface area is 158 Å². The third kappa shape index (κ3) is 3.79. The minimum absolute atomic E-state index is 0.232. The highest BCUT2D eigenvalue weighted by Gasteiger charge is 2.17.